The van der Waals surface area contributed by atoms with Crippen molar-refractivity contribution in [1.29, 1.82) is 0 Å². The summed E-state index contributed by atoms with van der Waals surface area (Å²) in [4.78, 5) is 24.6. The Bertz CT molecular complexity index is 521. The van der Waals surface area contributed by atoms with Crippen LogP contribution in [0.15, 0.2) is 24.3 Å². The predicted octanol–water partition coefficient (Wildman–Crippen LogP) is 2.28. The number of rotatable bonds is 9. The Labute approximate surface area is 133 Å². The normalized spacial score (nSPS) is 11.9. The molecule has 1 aromatic carbocycles. The topological polar surface area (TPSA) is 74.7 Å². The SMILES string of the molecule is CCCN(CCC)C(=O)CS(=O)Cc1ccc(C(=O)O)cc1. The molecule has 0 spiro atoms. The summed E-state index contributed by atoms with van der Waals surface area (Å²) in [5, 5.41) is 8.83. The largest absolute Gasteiger partial charge is 0.478 e. The molecule has 1 rings (SSSR count). The zero-order chi connectivity index (χ0) is 16.5. The molecule has 0 aromatic heterocycles. The highest BCUT2D eigenvalue weighted by Gasteiger charge is 2.15. The van der Waals surface area contributed by atoms with E-state index in [4.69, 9.17) is 5.11 Å². The van der Waals surface area contributed by atoms with E-state index in [2.05, 4.69) is 0 Å². The maximum Gasteiger partial charge on any atom is 0.335 e. The molecule has 5 nitrogen and oxygen atoms in total. The lowest BCUT2D eigenvalue weighted by Crippen LogP contribution is -2.35. The third-order valence-electron chi connectivity index (χ3n) is 3.15. The minimum atomic E-state index is -1.28. The first-order chi connectivity index (χ1) is 10.5. The highest BCUT2D eigenvalue weighted by Crippen LogP contribution is 2.08. The molecule has 0 fully saturated rings. The fraction of sp³-hybridized carbons (Fsp3) is 0.500. The fourth-order valence-electron chi connectivity index (χ4n) is 2.11. The Kier molecular flexibility index (Phi) is 7.80. The van der Waals surface area contributed by atoms with Crippen molar-refractivity contribution in [2.45, 2.75) is 32.4 Å². The van der Waals surface area contributed by atoms with Gasteiger partial charge < -0.3 is 10.0 Å². The number of carbonyl (C=O) groups excluding carboxylic acids is 1. The number of benzene rings is 1. The van der Waals surface area contributed by atoms with Gasteiger partial charge in [-0.2, -0.15) is 0 Å². The summed E-state index contributed by atoms with van der Waals surface area (Å²) in [7, 11) is -1.28. The number of aromatic carboxylic acids is 1. The molecular formula is C16H23NO4S. The van der Waals surface area contributed by atoms with Crippen LogP contribution in [-0.2, 0) is 21.3 Å². The molecular weight excluding hydrogens is 302 g/mol. The molecule has 0 saturated carbocycles. The van der Waals surface area contributed by atoms with Crippen molar-refractivity contribution in [1.82, 2.24) is 4.90 Å². The Balaban J connectivity index is 2.57. The van der Waals surface area contributed by atoms with Gasteiger partial charge in [-0.25, -0.2) is 4.79 Å². The van der Waals surface area contributed by atoms with Crippen LogP contribution in [0.2, 0.25) is 0 Å². The van der Waals surface area contributed by atoms with Crippen molar-refractivity contribution < 1.29 is 18.9 Å². The van der Waals surface area contributed by atoms with Crippen LogP contribution < -0.4 is 0 Å². The van der Waals surface area contributed by atoms with Crippen molar-refractivity contribution in [2.24, 2.45) is 0 Å². The summed E-state index contributed by atoms with van der Waals surface area (Å²) in [6.45, 7) is 5.40. The van der Waals surface area contributed by atoms with Gasteiger partial charge in [0.25, 0.3) is 0 Å². The zero-order valence-corrected chi connectivity index (χ0v) is 13.9. The van der Waals surface area contributed by atoms with Gasteiger partial charge in [0.2, 0.25) is 5.91 Å². The van der Waals surface area contributed by atoms with Gasteiger partial charge in [0.15, 0.2) is 0 Å². The second-order valence-corrected chi connectivity index (χ2v) is 6.57. The summed E-state index contributed by atoms with van der Waals surface area (Å²) in [5.74, 6) is -0.792. The summed E-state index contributed by atoms with van der Waals surface area (Å²) >= 11 is 0. The summed E-state index contributed by atoms with van der Waals surface area (Å²) in [6.07, 6.45) is 1.77. The molecule has 122 valence electrons. The van der Waals surface area contributed by atoms with Gasteiger partial charge in [0.1, 0.15) is 5.75 Å². The maximum atomic E-state index is 12.1. The van der Waals surface area contributed by atoms with Crippen LogP contribution in [0, 0.1) is 0 Å². The van der Waals surface area contributed by atoms with Crippen LogP contribution in [0.25, 0.3) is 0 Å². The third kappa shape index (κ3) is 5.97. The van der Waals surface area contributed by atoms with E-state index in [1.54, 1.807) is 17.0 Å². The first kappa shape index (κ1) is 18.4. The molecule has 1 amide bonds. The molecule has 0 aliphatic heterocycles. The van der Waals surface area contributed by atoms with Crippen molar-refractivity contribution >= 4 is 22.7 Å². The molecule has 0 aliphatic rings. The molecule has 1 unspecified atom stereocenters. The molecule has 1 atom stereocenters. The van der Waals surface area contributed by atoms with Crippen molar-refractivity contribution in [3.8, 4) is 0 Å². The summed E-state index contributed by atoms with van der Waals surface area (Å²) in [5.41, 5.74) is 0.969. The molecule has 1 N–H and O–H groups in total. The molecule has 0 heterocycles. The van der Waals surface area contributed by atoms with Gasteiger partial charge in [-0.15, -0.1) is 0 Å². The van der Waals surface area contributed by atoms with E-state index in [9.17, 15) is 13.8 Å². The second-order valence-electron chi connectivity index (χ2n) is 5.11. The van der Waals surface area contributed by atoms with Crippen LogP contribution >= 0.6 is 0 Å². The van der Waals surface area contributed by atoms with Gasteiger partial charge in [-0.1, -0.05) is 26.0 Å². The zero-order valence-electron chi connectivity index (χ0n) is 13.1. The molecule has 0 aliphatic carbocycles. The number of amides is 1. The molecule has 6 heteroatoms. The monoisotopic (exact) mass is 325 g/mol. The first-order valence-electron chi connectivity index (χ1n) is 7.42. The number of carboxylic acid groups (broad SMARTS) is 1. The van der Waals surface area contributed by atoms with Crippen LogP contribution in [0.5, 0.6) is 0 Å². The number of carbonyl (C=O) groups is 2. The standard InChI is InChI=1S/C16H23NO4S/c1-3-9-17(10-4-2)15(18)12-22(21)11-13-5-7-14(8-6-13)16(19)20/h5-8H,3-4,9-12H2,1-2H3,(H,19,20). The van der Waals surface area contributed by atoms with Crippen LogP contribution in [-0.4, -0.2) is 44.9 Å². The lowest BCUT2D eigenvalue weighted by molar-refractivity contribution is -0.128. The van der Waals surface area contributed by atoms with Gasteiger partial charge in [0.05, 0.1) is 5.56 Å². The number of hydrogen-bond donors (Lipinski definition) is 1. The highest BCUT2D eigenvalue weighted by atomic mass is 32.2. The quantitative estimate of drug-likeness (QED) is 0.756. The molecule has 0 bridgehead atoms. The molecule has 1 aromatic rings. The van der Waals surface area contributed by atoms with E-state index >= 15 is 0 Å². The van der Waals surface area contributed by atoms with E-state index in [0.717, 1.165) is 18.4 Å². The minimum absolute atomic E-state index is 0.0146. The summed E-state index contributed by atoms with van der Waals surface area (Å²) in [6, 6.07) is 6.25. The number of nitrogens with zero attached hydrogens (tertiary/aromatic N) is 1. The minimum Gasteiger partial charge on any atom is -0.478 e. The lowest BCUT2D eigenvalue weighted by atomic mass is 10.1. The Morgan fingerprint density at radius 3 is 2.09 bits per heavy atom. The molecule has 22 heavy (non-hydrogen) atoms. The van der Waals surface area contributed by atoms with Gasteiger partial charge in [-0.05, 0) is 30.5 Å². The highest BCUT2D eigenvalue weighted by molar-refractivity contribution is 7.84. The van der Waals surface area contributed by atoms with Gasteiger partial charge >= 0.3 is 5.97 Å². The smallest absolute Gasteiger partial charge is 0.335 e. The van der Waals surface area contributed by atoms with Crippen LogP contribution in [0.4, 0.5) is 0 Å². The summed E-state index contributed by atoms with van der Waals surface area (Å²) < 4.78 is 12.1. The third-order valence-corrected chi connectivity index (χ3v) is 4.38. The Morgan fingerprint density at radius 2 is 1.64 bits per heavy atom. The first-order valence-corrected chi connectivity index (χ1v) is 8.91. The Morgan fingerprint density at radius 1 is 1.09 bits per heavy atom. The van der Waals surface area contributed by atoms with Crippen LogP contribution in [0.3, 0.4) is 0 Å². The van der Waals surface area contributed by atoms with E-state index < -0.39 is 16.8 Å². The van der Waals surface area contributed by atoms with Crippen molar-refractivity contribution in [2.75, 3.05) is 18.8 Å². The molecule has 0 radical (unpaired) electrons. The van der Waals surface area contributed by atoms with Crippen molar-refractivity contribution in [3.05, 3.63) is 35.4 Å². The second kappa shape index (κ2) is 9.35. The van der Waals surface area contributed by atoms with Gasteiger partial charge in [-0.3, -0.25) is 9.00 Å². The molecule has 0 saturated heterocycles. The van der Waals surface area contributed by atoms with E-state index in [1.165, 1.54) is 12.1 Å². The average Bonchev–Trinajstić information content (AvgIpc) is 2.47. The fourth-order valence-corrected chi connectivity index (χ4v) is 3.23. The average molecular weight is 325 g/mol. The maximum absolute atomic E-state index is 12.1. The van der Waals surface area contributed by atoms with Crippen molar-refractivity contribution in [3.63, 3.8) is 0 Å². The number of hydrogen-bond acceptors (Lipinski definition) is 3. The number of carboxylic acids is 1. The predicted molar refractivity (Wildman–Crippen MR) is 87.3 cm³/mol. The van der Waals surface area contributed by atoms with E-state index in [1.807, 2.05) is 13.8 Å². The van der Waals surface area contributed by atoms with Crippen LogP contribution in [0.1, 0.15) is 42.6 Å². The van der Waals surface area contributed by atoms with Gasteiger partial charge in [0, 0.05) is 29.6 Å². The van der Waals surface area contributed by atoms with E-state index in [0.29, 0.717) is 13.1 Å². The Hall–Kier alpha value is -1.69. The van der Waals surface area contributed by atoms with E-state index in [-0.39, 0.29) is 23.0 Å². The lowest BCUT2D eigenvalue weighted by Gasteiger charge is -2.21.